The van der Waals surface area contributed by atoms with Crippen molar-refractivity contribution >= 4 is 17.5 Å². The van der Waals surface area contributed by atoms with Gasteiger partial charge >= 0.3 is 11.8 Å². The highest BCUT2D eigenvalue weighted by molar-refractivity contribution is 6.39. The molecule has 0 aliphatic carbocycles. The largest absolute Gasteiger partial charge is 0.394 e. The van der Waals surface area contributed by atoms with Gasteiger partial charge in [-0.05, 0) is 24.6 Å². The van der Waals surface area contributed by atoms with Gasteiger partial charge in [0.15, 0.2) is 0 Å². The first-order valence-electron chi connectivity index (χ1n) is 7.88. The molecule has 2 rings (SSSR count). The Kier molecular flexibility index (Phi) is 7.06. The van der Waals surface area contributed by atoms with Crippen LogP contribution in [0.5, 0.6) is 0 Å². The summed E-state index contributed by atoms with van der Waals surface area (Å²) in [5.74, 6) is -1.55. The fourth-order valence-electron chi connectivity index (χ4n) is 2.14. The van der Waals surface area contributed by atoms with Gasteiger partial charge in [0.25, 0.3) is 0 Å². The van der Waals surface area contributed by atoms with Crippen molar-refractivity contribution in [2.75, 3.05) is 25.1 Å². The summed E-state index contributed by atoms with van der Waals surface area (Å²) < 4.78 is 5.56. The zero-order valence-electron chi connectivity index (χ0n) is 13.9. The van der Waals surface area contributed by atoms with E-state index < -0.39 is 17.9 Å². The number of nitrogens with one attached hydrogen (secondary N) is 2. The van der Waals surface area contributed by atoms with E-state index in [1.807, 2.05) is 31.2 Å². The van der Waals surface area contributed by atoms with E-state index in [9.17, 15) is 9.59 Å². The molecule has 25 heavy (non-hydrogen) atoms. The topological polar surface area (TPSA) is 101 Å². The lowest BCUT2D eigenvalue weighted by Gasteiger charge is -2.18. The zero-order valence-corrected chi connectivity index (χ0v) is 13.9. The monoisotopic (exact) mass is 343 g/mol. The number of aryl methyl sites for hydroxylation is 1. The SMILES string of the molecule is Cc1ccc([C@@H](CNC(=O)C(=O)Nc2cccnc2)OCCO)cc1. The highest BCUT2D eigenvalue weighted by Gasteiger charge is 2.18. The first kappa shape index (κ1) is 18.6. The molecule has 0 radical (unpaired) electrons. The van der Waals surface area contributed by atoms with Crippen LogP contribution < -0.4 is 10.6 Å². The third kappa shape index (κ3) is 5.98. The number of hydrogen-bond acceptors (Lipinski definition) is 5. The number of amides is 2. The maximum atomic E-state index is 12.0. The van der Waals surface area contributed by atoms with Crippen LogP contribution in [0.25, 0.3) is 0 Å². The number of aromatic nitrogens is 1. The zero-order chi connectivity index (χ0) is 18.1. The summed E-state index contributed by atoms with van der Waals surface area (Å²) in [5.41, 5.74) is 2.39. The molecule has 0 unspecified atom stereocenters. The molecule has 0 saturated carbocycles. The van der Waals surface area contributed by atoms with Crippen molar-refractivity contribution in [2.24, 2.45) is 0 Å². The Hall–Kier alpha value is -2.77. The van der Waals surface area contributed by atoms with Gasteiger partial charge in [0.1, 0.15) is 0 Å². The summed E-state index contributed by atoms with van der Waals surface area (Å²) in [5, 5.41) is 14.0. The van der Waals surface area contributed by atoms with Gasteiger partial charge in [0, 0.05) is 12.7 Å². The minimum Gasteiger partial charge on any atom is -0.394 e. The molecule has 1 heterocycles. The van der Waals surface area contributed by atoms with Gasteiger partial charge < -0.3 is 20.5 Å². The lowest BCUT2D eigenvalue weighted by molar-refractivity contribution is -0.136. The van der Waals surface area contributed by atoms with Gasteiger partial charge in [-0.3, -0.25) is 14.6 Å². The molecule has 7 heteroatoms. The number of aliphatic hydroxyl groups excluding tert-OH is 1. The van der Waals surface area contributed by atoms with E-state index in [-0.39, 0.29) is 19.8 Å². The molecule has 2 aromatic rings. The Balaban J connectivity index is 1.93. The normalized spacial score (nSPS) is 11.6. The molecule has 0 saturated heterocycles. The van der Waals surface area contributed by atoms with Crippen LogP contribution in [0.2, 0.25) is 0 Å². The number of ether oxygens (including phenoxy) is 1. The summed E-state index contributed by atoms with van der Waals surface area (Å²) in [6.45, 7) is 2.09. The number of pyridine rings is 1. The first-order chi connectivity index (χ1) is 12.1. The number of nitrogens with zero attached hydrogens (tertiary/aromatic N) is 1. The van der Waals surface area contributed by atoms with Gasteiger partial charge in [-0.15, -0.1) is 0 Å². The lowest BCUT2D eigenvalue weighted by atomic mass is 10.1. The molecular formula is C18H21N3O4. The lowest BCUT2D eigenvalue weighted by Crippen LogP contribution is -2.38. The smallest absolute Gasteiger partial charge is 0.313 e. The van der Waals surface area contributed by atoms with Crippen LogP contribution in [0.4, 0.5) is 5.69 Å². The van der Waals surface area contributed by atoms with Crippen LogP contribution in [-0.4, -0.2) is 41.7 Å². The second-order valence-electron chi connectivity index (χ2n) is 5.40. The van der Waals surface area contributed by atoms with Crippen molar-refractivity contribution in [3.8, 4) is 0 Å². The number of hydrogen-bond donors (Lipinski definition) is 3. The predicted molar refractivity (Wildman–Crippen MR) is 92.8 cm³/mol. The molecule has 1 aromatic heterocycles. The van der Waals surface area contributed by atoms with Crippen LogP contribution in [0.3, 0.4) is 0 Å². The Morgan fingerprint density at radius 1 is 1.20 bits per heavy atom. The number of carbonyl (C=O) groups is 2. The van der Waals surface area contributed by atoms with Gasteiger partial charge in [-0.2, -0.15) is 0 Å². The average Bonchev–Trinajstić information content (AvgIpc) is 2.63. The van der Waals surface area contributed by atoms with Crippen molar-refractivity contribution in [1.29, 1.82) is 0 Å². The minimum atomic E-state index is -0.780. The number of anilines is 1. The van der Waals surface area contributed by atoms with E-state index in [0.29, 0.717) is 5.69 Å². The molecule has 0 bridgehead atoms. The summed E-state index contributed by atoms with van der Waals surface area (Å²) in [6.07, 6.45) is 2.56. The van der Waals surface area contributed by atoms with Crippen molar-refractivity contribution in [2.45, 2.75) is 13.0 Å². The van der Waals surface area contributed by atoms with Gasteiger partial charge in [0.2, 0.25) is 0 Å². The number of aliphatic hydroxyl groups is 1. The van der Waals surface area contributed by atoms with Crippen molar-refractivity contribution in [3.63, 3.8) is 0 Å². The molecule has 0 aliphatic rings. The molecule has 2 amide bonds. The third-order valence-corrected chi connectivity index (χ3v) is 3.43. The van der Waals surface area contributed by atoms with E-state index in [1.54, 1.807) is 18.3 Å². The molecule has 0 spiro atoms. The summed E-state index contributed by atoms with van der Waals surface area (Å²) in [7, 11) is 0. The standard InChI is InChI=1S/C18H21N3O4/c1-13-4-6-14(7-5-13)16(25-10-9-22)12-20-17(23)18(24)21-15-3-2-8-19-11-15/h2-8,11,16,22H,9-10,12H2,1H3,(H,20,23)(H,21,24)/t16-/m1/s1. The van der Waals surface area contributed by atoms with Gasteiger partial charge in [-0.1, -0.05) is 29.8 Å². The molecular weight excluding hydrogens is 322 g/mol. The maximum absolute atomic E-state index is 12.0. The third-order valence-electron chi connectivity index (χ3n) is 3.43. The summed E-state index contributed by atoms with van der Waals surface area (Å²) in [6, 6.07) is 10.9. The highest BCUT2D eigenvalue weighted by Crippen LogP contribution is 2.17. The van der Waals surface area contributed by atoms with E-state index in [1.165, 1.54) is 6.20 Å². The molecule has 7 nitrogen and oxygen atoms in total. The van der Waals surface area contributed by atoms with E-state index in [2.05, 4.69) is 15.6 Å². The Morgan fingerprint density at radius 2 is 1.96 bits per heavy atom. The number of rotatable bonds is 7. The van der Waals surface area contributed by atoms with Crippen LogP contribution >= 0.6 is 0 Å². The van der Waals surface area contributed by atoms with Gasteiger partial charge in [0.05, 0.1) is 31.2 Å². The van der Waals surface area contributed by atoms with E-state index >= 15 is 0 Å². The first-order valence-corrected chi connectivity index (χ1v) is 7.88. The molecule has 0 fully saturated rings. The van der Waals surface area contributed by atoms with Crippen molar-refractivity contribution in [1.82, 2.24) is 10.3 Å². The molecule has 1 aromatic carbocycles. The van der Waals surface area contributed by atoms with Crippen LogP contribution in [-0.2, 0) is 14.3 Å². The number of benzene rings is 1. The fraction of sp³-hybridized carbons (Fsp3) is 0.278. The second-order valence-corrected chi connectivity index (χ2v) is 5.40. The summed E-state index contributed by atoms with van der Waals surface area (Å²) in [4.78, 5) is 27.7. The maximum Gasteiger partial charge on any atom is 0.313 e. The van der Waals surface area contributed by atoms with Crippen LogP contribution in [0, 0.1) is 6.92 Å². The quantitative estimate of drug-likeness (QED) is 0.656. The Bertz CT molecular complexity index is 689. The summed E-state index contributed by atoms with van der Waals surface area (Å²) >= 11 is 0. The molecule has 3 N–H and O–H groups in total. The molecule has 1 atom stereocenters. The average molecular weight is 343 g/mol. The van der Waals surface area contributed by atoms with E-state index in [0.717, 1.165) is 11.1 Å². The number of carbonyl (C=O) groups excluding carboxylic acids is 2. The van der Waals surface area contributed by atoms with Crippen LogP contribution in [0.15, 0.2) is 48.8 Å². The fourth-order valence-corrected chi connectivity index (χ4v) is 2.14. The van der Waals surface area contributed by atoms with Crippen molar-refractivity contribution < 1.29 is 19.4 Å². The Morgan fingerprint density at radius 3 is 2.60 bits per heavy atom. The molecule has 132 valence electrons. The minimum absolute atomic E-state index is 0.113. The predicted octanol–water partition coefficient (Wildman–Crippen LogP) is 1.19. The van der Waals surface area contributed by atoms with Crippen molar-refractivity contribution in [3.05, 3.63) is 59.9 Å². The highest BCUT2D eigenvalue weighted by atomic mass is 16.5. The molecule has 0 aliphatic heterocycles. The van der Waals surface area contributed by atoms with Crippen LogP contribution in [0.1, 0.15) is 17.2 Å². The van der Waals surface area contributed by atoms with E-state index in [4.69, 9.17) is 9.84 Å². The second kappa shape index (κ2) is 9.51. The van der Waals surface area contributed by atoms with Gasteiger partial charge in [-0.25, -0.2) is 0 Å². The Labute approximate surface area is 146 Å².